The van der Waals surface area contributed by atoms with Gasteiger partial charge in [0, 0.05) is 45.1 Å². The van der Waals surface area contributed by atoms with Gasteiger partial charge in [-0.2, -0.15) is 0 Å². The summed E-state index contributed by atoms with van der Waals surface area (Å²) in [6.45, 7) is 5.76. The summed E-state index contributed by atoms with van der Waals surface area (Å²) in [4.78, 5) is 47.4. The quantitative estimate of drug-likeness (QED) is 0.202. The molecule has 3 aromatic rings. The van der Waals surface area contributed by atoms with Gasteiger partial charge in [0.2, 0.25) is 17.7 Å². The van der Waals surface area contributed by atoms with Gasteiger partial charge in [0.05, 0.1) is 0 Å². The highest BCUT2D eigenvalue weighted by atomic mass is 16.2. The highest BCUT2D eigenvalue weighted by Gasteiger charge is 2.35. The van der Waals surface area contributed by atoms with E-state index in [9.17, 15) is 14.4 Å². The number of amides is 3. The van der Waals surface area contributed by atoms with Gasteiger partial charge in [-0.25, -0.2) is 0 Å². The lowest BCUT2D eigenvalue weighted by Gasteiger charge is -2.34. The average molecular weight is 666 g/mol. The van der Waals surface area contributed by atoms with Crippen LogP contribution in [0.2, 0.25) is 0 Å². The third-order valence-electron chi connectivity index (χ3n) is 9.99. The first-order chi connectivity index (χ1) is 23.5. The summed E-state index contributed by atoms with van der Waals surface area (Å²) in [5.74, 6) is -0.725. The van der Waals surface area contributed by atoms with Crippen LogP contribution in [0.15, 0.2) is 97.1 Å². The molecule has 1 saturated heterocycles. The lowest BCUT2D eigenvalue weighted by molar-refractivity contribution is -0.146. The summed E-state index contributed by atoms with van der Waals surface area (Å²) in [7, 11) is 7.39. The smallest absolute Gasteiger partial charge is 0.246 e. The maximum absolute atomic E-state index is 14.5. The molecule has 3 atom stereocenters. The van der Waals surface area contributed by atoms with Crippen molar-refractivity contribution < 1.29 is 14.4 Å². The van der Waals surface area contributed by atoms with E-state index < -0.39 is 12.1 Å². The van der Waals surface area contributed by atoms with Crippen LogP contribution in [-0.4, -0.2) is 97.4 Å². The fourth-order valence-corrected chi connectivity index (χ4v) is 6.36. The van der Waals surface area contributed by atoms with Gasteiger partial charge < -0.3 is 25.3 Å². The number of carbonyl (C=O) groups excluding carboxylic acids is 3. The molecule has 0 bridgehead atoms. The second kappa shape index (κ2) is 17.9. The Morgan fingerprint density at radius 2 is 1.45 bits per heavy atom. The van der Waals surface area contributed by atoms with Crippen molar-refractivity contribution in [2.45, 2.75) is 76.0 Å². The van der Waals surface area contributed by atoms with Crippen molar-refractivity contribution >= 4 is 17.7 Å². The van der Waals surface area contributed by atoms with E-state index in [2.05, 4.69) is 48.6 Å². The lowest BCUT2D eigenvalue weighted by atomic mass is 9.98. The molecule has 49 heavy (non-hydrogen) atoms. The number of likely N-dealkylation sites (tertiary alicyclic amines) is 1. The zero-order valence-corrected chi connectivity index (χ0v) is 30.2. The molecule has 4 rings (SSSR count). The number of nitrogens with zero attached hydrogens (tertiary/aromatic N) is 3. The van der Waals surface area contributed by atoms with Gasteiger partial charge >= 0.3 is 0 Å². The Morgan fingerprint density at radius 3 is 2.06 bits per heavy atom. The number of hydrogen-bond donors (Lipinski definition) is 2. The maximum atomic E-state index is 14.5. The minimum atomic E-state index is -0.819. The molecule has 1 unspecified atom stereocenters. The number of likely N-dealkylation sites (N-methyl/N-ethyl adjacent to an activating group) is 2. The molecule has 1 heterocycles. The molecule has 3 amide bonds. The molecular formula is C41H55N5O3. The van der Waals surface area contributed by atoms with Crippen molar-refractivity contribution in [1.29, 1.82) is 0 Å². The summed E-state index contributed by atoms with van der Waals surface area (Å²) < 4.78 is 0. The normalized spacial score (nSPS) is 16.3. The van der Waals surface area contributed by atoms with Gasteiger partial charge in [-0.3, -0.25) is 14.4 Å². The van der Waals surface area contributed by atoms with Crippen molar-refractivity contribution in [2.75, 3.05) is 41.3 Å². The molecule has 262 valence electrons. The minimum Gasteiger partial charge on any atom is -0.354 e. The van der Waals surface area contributed by atoms with E-state index in [0.717, 1.165) is 41.6 Å². The van der Waals surface area contributed by atoms with Crippen LogP contribution in [0, 0.1) is 0 Å². The Hall–Kier alpha value is -4.27. The first-order valence-electron chi connectivity index (χ1n) is 17.5. The second-order valence-corrected chi connectivity index (χ2v) is 14.0. The largest absolute Gasteiger partial charge is 0.354 e. The summed E-state index contributed by atoms with van der Waals surface area (Å²) in [5.41, 5.74) is 3.91. The zero-order valence-electron chi connectivity index (χ0n) is 30.2. The van der Waals surface area contributed by atoms with Crippen LogP contribution in [0.25, 0.3) is 11.1 Å². The van der Waals surface area contributed by atoms with Crippen LogP contribution in [-0.2, 0) is 27.2 Å². The molecule has 0 aliphatic carbocycles. The lowest BCUT2D eigenvalue weighted by Crippen LogP contribution is -2.56. The number of hydrogen-bond acceptors (Lipinski definition) is 5. The highest BCUT2D eigenvalue weighted by Crippen LogP contribution is 2.22. The molecule has 8 heteroatoms. The van der Waals surface area contributed by atoms with Gasteiger partial charge in [0.25, 0.3) is 0 Å². The minimum absolute atomic E-state index is 0.170. The fraction of sp³-hybridized carbons (Fsp3) is 0.439. The van der Waals surface area contributed by atoms with Crippen LogP contribution < -0.4 is 10.6 Å². The number of benzene rings is 3. The van der Waals surface area contributed by atoms with E-state index in [1.165, 1.54) is 11.3 Å². The third kappa shape index (κ3) is 10.9. The maximum Gasteiger partial charge on any atom is 0.246 e. The van der Waals surface area contributed by atoms with Gasteiger partial charge in [0.1, 0.15) is 12.1 Å². The molecule has 3 aromatic carbocycles. The van der Waals surface area contributed by atoms with Crippen LogP contribution in [0.4, 0.5) is 0 Å². The van der Waals surface area contributed by atoms with E-state index in [-0.39, 0.29) is 23.3 Å². The molecular weight excluding hydrogens is 610 g/mol. The molecule has 0 spiro atoms. The summed E-state index contributed by atoms with van der Waals surface area (Å²) in [6.07, 6.45) is 7.90. The van der Waals surface area contributed by atoms with E-state index >= 15 is 0 Å². The third-order valence-corrected chi connectivity index (χ3v) is 9.99. The summed E-state index contributed by atoms with van der Waals surface area (Å²) in [5, 5.41) is 6.39. The molecule has 1 aliphatic rings. The van der Waals surface area contributed by atoms with Crippen molar-refractivity contribution in [3.8, 4) is 11.1 Å². The van der Waals surface area contributed by atoms with Crippen molar-refractivity contribution in [3.63, 3.8) is 0 Å². The van der Waals surface area contributed by atoms with Crippen LogP contribution in [0.5, 0.6) is 0 Å². The zero-order chi connectivity index (χ0) is 35.4. The number of rotatable bonds is 16. The Kier molecular flexibility index (Phi) is 13.7. The second-order valence-electron chi connectivity index (χ2n) is 14.0. The molecule has 0 aromatic heterocycles. The number of nitrogens with one attached hydrogen (secondary N) is 2. The summed E-state index contributed by atoms with van der Waals surface area (Å²) in [6, 6.07) is 26.9. The van der Waals surface area contributed by atoms with Crippen LogP contribution >= 0.6 is 0 Å². The van der Waals surface area contributed by atoms with Crippen molar-refractivity contribution in [1.82, 2.24) is 25.3 Å². The number of carbonyl (C=O) groups is 3. The van der Waals surface area contributed by atoms with Crippen LogP contribution in [0.1, 0.15) is 50.7 Å². The Morgan fingerprint density at radius 1 is 0.857 bits per heavy atom. The molecule has 0 saturated carbocycles. The highest BCUT2D eigenvalue weighted by molar-refractivity contribution is 5.95. The SMILES string of the molecule is CNC(C)(C)C/C=C/C(=O)N(C)[C@H](Cc1ccc(-c2ccccc2)cc1)C(=O)N(C)[C@H](Cc1ccccc1)C(=O)NCCC1CCCN1C. The molecule has 0 radical (unpaired) electrons. The Bertz CT molecular complexity index is 1520. The van der Waals surface area contributed by atoms with Gasteiger partial charge in [-0.1, -0.05) is 91.0 Å². The summed E-state index contributed by atoms with van der Waals surface area (Å²) >= 11 is 0. The average Bonchev–Trinajstić information content (AvgIpc) is 3.53. The van der Waals surface area contributed by atoms with Gasteiger partial charge in [-0.05, 0) is 88.5 Å². The fourth-order valence-electron chi connectivity index (χ4n) is 6.36. The Balaban J connectivity index is 1.58. The first-order valence-corrected chi connectivity index (χ1v) is 17.5. The predicted molar refractivity (Wildman–Crippen MR) is 199 cm³/mol. The van der Waals surface area contributed by atoms with E-state index in [0.29, 0.717) is 31.8 Å². The standard InChI is InChI=1S/C41H55N5O3/c1-41(2,42-3)26-13-20-38(47)45(5)37(30-32-21-23-34(24-22-32)33-17-11-8-12-18-33)40(49)46(6)36(29-31-15-9-7-10-16-31)39(48)43-27-25-35-19-14-28-44(35)4/h7-13,15-18,20-24,35-37,42H,14,19,25-30H2,1-6H3,(H,43,48)/b20-13+/t35?,36-,37-/m1/s1. The van der Waals surface area contributed by atoms with Crippen molar-refractivity contribution in [3.05, 3.63) is 108 Å². The molecule has 2 N–H and O–H groups in total. The van der Waals surface area contributed by atoms with Gasteiger partial charge in [0.15, 0.2) is 0 Å². The topological polar surface area (TPSA) is 85.0 Å². The Labute approximate surface area is 293 Å². The van der Waals surface area contributed by atoms with Crippen LogP contribution in [0.3, 0.4) is 0 Å². The predicted octanol–water partition coefficient (Wildman–Crippen LogP) is 5.34. The van der Waals surface area contributed by atoms with Gasteiger partial charge in [-0.15, -0.1) is 0 Å². The van der Waals surface area contributed by atoms with Crippen molar-refractivity contribution in [2.24, 2.45) is 0 Å². The monoisotopic (exact) mass is 665 g/mol. The first kappa shape index (κ1) is 37.5. The van der Waals surface area contributed by atoms with E-state index in [1.807, 2.05) is 85.9 Å². The molecule has 1 aliphatic heterocycles. The molecule has 8 nitrogen and oxygen atoms in total. The van der Waals surface area contributed by atoms with E-state index in [4.69, 9.17) is 0 Å². The molecule has 1 fully saturated rings. The van der Waals surface area contributed by atoms with E-state index in [1.54, 1.807) is 25.1 Å².